The molecule has 9 heavy (non-hydrogen) atoms. The maximum atomic E-state index is 10.9. The van der Waals surface area contributed by atoms with Crippen LogP contribution in [0.4, 0.5) is 0 Å². The van der Waals surface area contributed by atoms with Gasteiger partial charge in [-0.15, -0.1) is 0 Å². The van der Waals surface area contributed by atoms with Gasteiger partial charge in [-0.3, -0.25) is 0 Å². The van der Waals surface area contributed by atoms with Gasteiger partial charge in [-0.1, -0.05) is 0 Å². The van der Waals surface area contributed by atoms with Crippen molar-refractivity contribution in [2.45, 2.75) is 6.92 Å². The van der Waals surface area contributed by atoms with Crippen molar-refractivity contribution in [2.75, 3.05) is 5.75 Å². The molecule has 0 N–H and O–H groups in total. The lowest BCUT2D eigenvalue weighted by molar-refractivity contribution is 0.603. The van der Waals surface area contributed by atoms with Crippen LogP contribution in [0.5, 0.6) is 0 Å². The van der Waals surface area contributed by atoms with Crippen LogP contribution in [0.25, 0.3) is 0 Å². The molecule has 1 rings (SSSR count). The second kappa shape index (κ2) is 2.89. The first-order valence-corrected chi connectivity index (χ1v) is 3.98. The van der Waals surface area contributed by atoms with E-state index in [0.29, 0.717) is 5.75 Å². The monoisotopic (exact) mass is 143 g/mol. The molecule has 0 fully saturated rings. The zero-order valence-corrected chi connectivity index (χ0v) is 5.89. The Bertz CT molecular complexity index is 155. The summed E-state index contributed by atoms with van der Waals surface area (Å²) < 4.78 is 10.9. The minimum Gasteiger partial charge on any atom is -0.611 e. The number of hydrogen-bond acceptors (Lipinski definition) is 2. The van der Waals surface area contributed by atoms with Crippen molar-refractivity contribution in [1.82, 2.24) is 5.43 Å². The molecule has 4 heteroatoms. The highest BCUT2D eigenvalue weighted by atomic mass is 32.2. The summed E-state index contributed by atoms with van der Waals surface area (Å²) in [6.07, 6.45) is 3.05. The van der Waals surface area contributed by atoms with Crippen LogP contribution in [0.3, 0.4) is 0 Å². The highest BCUT2D eigenvalue weighted by molar-refractivity contribution is 7.96. The van der Waals surface area contributed by atoms with Gasteiger partial charge in [0, 0.05) is 0 Å². The molecule has 1 atom stereocenters. The smallest absolute Gasteiger partial charge is 0.192 e. The molecule has 0 spiro atoms. The Morgan fingerprint density at radius 1 is 1.78 bits per heavy atom. The Morgan fingerprint density at radius 3 is 3.00 bits per heavy atom. The lowest BCUT2D eigenvalue weighted by atomic mass is 10.7. The predicted octanol–water partition coefficient (Wildman–Crippen LogP) is 0.200. The molecule has 0 aliphatic carbocycles. The quantitative estimate of drug-likeness (QED) is 0.509. The van der Waals surface area contributed by atoms with Gasteiger partial charge in [0.1, 0.15) is 18.2 Å². The number of allylic oxidation sites excluding steroid dienone is 1. The first kappa shape index (κ1) is 6.64. The normalized spacial score (nSPS) is 19.1. The van der Waals surface area contributed by atoms with Gasteiger partial charge in [-0.2, -0.15) is 10.5 Å². The van der Waals surface area contributed by atoms with Gasteiger partial charge in [0.25, 0.3) is 0 Å². The van der Waals surface area contributed by atoms with Crippen molar-refractivity contribution in [3.8, 4) is 0 Å². The van der Waals surface area contributed by atoms with Gasteiger partial charge >= 0.3 is 0 Å². The molecule has 3 nitrogen and oxygen atoms in total. The fraction of sp³-hybridized carbons (Fsp3) is 0.400. The van der Waals surface area contributed by atoms with Gasteiger partial charge in [-0.05, 0) is 18.1 Å². The molecule has 0 aromatic rings. The van der Waals surface area contributed by atoms with E-state index < -0.39 is 11.2 Å². The van der Waals surface area contributed by atoms with Crippen LogP contribution < -0.4 is 5.43 Å². The Hall–Kier alpha value is -0.480. The summed E-state index contributed by atoms with van der Waals surface area (Å²) in [5.41, 5.74) is 3.55. The lowest BCUT2D eigenvalue weighted by Gasteiger charge is -2.03. The summed E-state index contributed by atoms with van der Waals surface area (Å²) in [6, 6.07) is 0. The van der Waals surface area contributed by atoms with E-state index in [1.165, 1.54) is 12.4 Å². The Balaban J connectivity index is 2.51. The summed E-state index contributed by atoms with van der Waals surface area (Å²) in [7, 11) is 0. The summed E-state index contributed by atoms with van der Waals surface area (Å²) >= 11 is -0.884. The van der Waals surface area contributed by atoms with Crippen LogP contribution in [-0.4, -0.2) is 16.5 Å². The van der Waals surface area contributed by atoms with Crippen LogP contribution in [0.2, 0.25) is 0 Å². The molecule has 1 aliphatic rings. The summed E-state index contributed by atoms with van der Waals surface area (Å²) in [5.74, 6) is 0.632. The standard InChI is InChI=1S/C5H7N2OS/c1-2-9(8)5-3-6-7-4-5/h3-4H,2H2,1H3. The minimum atomic E-state index is -0.884. The van der Waals surface area contributed by atoms with Crippen LogP contribution in [-0.2, 0) is 11.2 Å². The van der Waals surface area contributed by atoms with Crippen molar-refractivity contribution in [3.05, 3.63) is 11.1 Å². The third-order valence-electron chi connectivity index (χ3n) is 0.962. The van der Waals surface area contributed by atoms with Crippen molar-refractivity contribution in [2.24, 2.45) is 5.10 Å². The van der Waals surface area contributed by atoms with Crippen LogP contribution in [0.1, 0.15) is 6.92 Å². The van der Waals surface area contributed by atoms with Crippen LogP contribution in [0, 0.1) is 0 Å². The van der Waals surface area contributed by atoms with Crippen LogP contribution >= 0.6 is 0 Å². The molecule has 0 saturated carbocycles. The first-order chi connectivity index (χ1) is 4.34. The van der Waals surface area contributed by atoms with E-state index >= 15 is 0 Å². The van der Waals surface area contributed by atoms with Crippen LogP contribution in [0.15, 0.2) is 16.2 Å². The molecule has 1 unspecified atom stereocenters. The summed E-state index contributed by atoms with van der Waals surface area (Å²) in [6.45, 7) is 1.86. The highest BCUT2D eigenvalue weighted by Crippen LogP contribution is 2.06. The van der Waals surface area contributed by atoms with Crippen molar-refractivity contribution < 1.29 is 4.55 Å². The van der Waals surface area contributed by atoms with E-state index in [4.69, 9.17) is 0 Å². The molecule has 0 amide bonds. The van der Waals surface area contributed by atoms with Gasteiger partial charge in [0.15, 0.2) is 4.91 Å². The largest absolute Gasteiger partial charge is 0.611 e. The molecule has 0 aromatic heterocycles. The Morgan fingerprint density at radius 2 is 2.56 bits per heavy atom. The molecular weight excluding hydrogens is 136 g/mol. The molecule has 0 aromatic carbocycles. The molecule has 0 saturated heterocycles. The Kier molecular flexibility index (Phi) is 2.13. The van der Waals surface area contributed by atoms with Gasteiger partial charge in [0.05, 0.1) is 0 Å². The van der Waals surface area contributed by atoms with E-state index in [2.05, 4.69) is 10.5 Å². The van der Waals surface area contributed by atoms with E-state index in [1.807, 2.05) is 6.92 Å². The zero-order chi connectivity index (χ0) is 6.69. The second-order valence-corrected chi connectivity index (χ2v) is 3.27. The molecule has 1 heterocycles. The summed E-state index contributed by atoms with van der Waals surface area (Å²) in [4.78, 5) is 0.720. The zero-order valence-electron chi connectivity index (χ0n) is 5.07. The average Bonchev–Trinajstić information content (AvgIpc) is 2.37. The third kappa shape index (κ3) is 1.46. The van der Waals surface area contributed by atoms with Crippen molar-refractivity contribution in [3.63, 3.8) is 0 Å². The van der Waals surface area contributed by atoms with E-state index in [0.717, 1.165) is 4.91 Å². The Labute approximate surface area is 57.0 Å². The highest BCUT2D eigenvalue weighted by Gasteiger charge is 2.12. The predicted molar refractivity (Wildman–Crippen MR) is 37.4 cm³/mol. The molecule has 1 aliphatic heterocycles. The van der Waals surface area contributed by atoms with E-state index in [1.54, 1.807) is 0 Å². The number of nitrogens with zero attached hydrogens (tertiary/aromatic N) is 2. The van der Waals surface area contributed by atoms with Crippen molar-refractivity contribution in [1.29, 1.82) is 0 Å². The van der Waals surface area contributed by atoms with E-state index in [-0.39, 0.29) is 0 Å². The second-order valence-electron chi connectivity index (χ2n) is 1.53. The first-order valence-electron chi connectivity index (χ1n) is 2.66. The molecule has 1 radical (unpaired) electrons. The minimum absolute atomic E-state index is 0.632. The fourth-order valence-electron chi connectivity index (χ4n) is 0.498. The summed E-state index contributed by atoms with van der Waals surface area (Å²) in [5, 5.41) is 3.55. The van der Waals surface area contributed by atoms with E-state index in [9.17, 15) is 4.55 Å². The molecule has 49 valence electrons. The third-order valence-corrected chi connectivity index (χ3v) is 2.22. The maximum Gasteiger partial charge on any atom is 0.192 e. The number of hydrogen-bond donors (Lipinski definition) is 0. The SMILES string of the molecule is CC[S+]([O-])C1=C[N]N=C1. The van der Waals surface area contributed by atoms with Gasteiger partial charge < -0.3 is 4.55 Å². The lowest BCUT2D eigenvalue weighted by Crippen LogP contribution is -2.06. The maximum absolute atomic E-state index is 10.9. The fourth-order valence-corrected chi connectivity index (χ4v) is 1.16. The topological polar surface area (TPSA) is 49.5 Å². The van der Waals surface area contributed by atoms with Gasteiger partial charge in [-0.25, -0.2) is 0 Å². The molecular formula is C5H7N2OS. The average molecular weight is 143 g/mol. The molecule has 0 bridgehead atoms. The number of rotatable bonds is 2. The van der Waals surface area contributed by atoms with Crippen molar-refractivity contribution >= 4 is 17.4 Å². The van der Waals surface area contributed by atoms with Gasteiger partial charge in [0.2, 0.25) is 0 Å².